The zero-order valence-electron chi connectivity index (χ0n) is 1.39. The minimum absolute atomic E-state index is 0. The molecule has 0 atom stereocenters. The quantitative estimate of drug-likeness (QED) is 0.284. The Balaban J connectivity index is 0. The molecule has 0 fully saturated rings. The lowest BCUT2D eigenvalue weighted by atomic mass is 15.9. The Hall–Kier alpha value is 1.12. The number of hydrogen-bond acceptors (Lipinski definition) is 2. The summed E-state index contributed by atoms with van der Waals surface area (Å²) in [6.45, 7) is 0. The van der Waals surface area contributed by atoms with Crippen molar-refractivity contribution in [1.82, 2.24) is 0 Å². The molecule has 0 saturated heterocycles. The third-order valence-corrected chi connectivity index (χ3v) is 0. The van der Waals surface area contributed by atoms with E-state index in [1.54, 1.807) is 0 Å². The zero-order chi connectivity index (χ0) is 2.71. The van der Waals surface area contributed by atoms with Crippen LogP contribution in [-0.2, 0) is 0 Å². The Morgan fingerprint density at radius 2 is 1.25 bits per heavy atom. The van der Waals surface area contributed by atoms with Crippen molar-refractivity contribution in [2.75, 3.05) is 0 Å². The van der Waals surface area contributed by atoms with Gasteiger partial charge in [0.1, 0.15) is 9.03 Å². The van der Waals surface area contributed by atoms with Gasteiger partial charge in [0, 0.05) is 0 Å². The highest BCUT2D eigenvalue weighted by Gasteiger charge is 1.34. The molecule has 0 aromatic carbocycles. The molecule has 4 heavy (non-hydrogen) atoms. The molecule has 0 aromatic rings. The van der Waals surface area contributed by atoms with E-state index in [4.69, 9.17) is 9.79 Å². The Morgan fingerprint density at radius 1 is 1.25 bits per heavy atom. The Labute approximate surface area is 42.3 Å². The van der Waals surface area contributed by atoms with Gasteiger partial charge in [-0.15, -0.1) is 0 Å². The van der Waals surface area contributed by atoms with Gasteiger partial charge in [0.05, 0.1) is 0 Å². The average Bonchev–Trinajstić information content (AvgIpc) is 0.918. The normalized spacial score (nSPS) is 4.50. The summed E-state index contributed by atoms with van der Waals surface area (Å²) in [4.78, 5) is 14.3. The Kier molecular flexibility index (Phi) is 19.9. The molecule has 0 saturated carbocycles. The lowest BCUT2D eigenvalue weighted by molar-refractivity contribution is 0.513. The third-order valence-electron chi connectivity index (χ3n) is 0. The van der Waals surface area contributed by atoms with Crippen molar-refractivity contribution < 1.29 is 9.79 Å². The van der Waals surface area contributed by atoms with Crippen molar-refractivity contribution in [3.05, 3.63) is 0 Å². The van der Waals surface area contributed by atoms with Gasteiger partial charge in [-0.25, -0.2) is 0 Å². The van der Waals surface area contributed by atoms with Crippen molar-refractivity contribution >= 4 is 32.1 Å². The van der Waals surface area contributed by atoms with Gasteiger partial charge in [-0.05, 0) is 0 Å². The molecule has 24 valence electrons. The van der Waals surface area contributed by atoms with Crippen LogP contribution in [-0.4, -0.2) is 32.8 Å². The molecular formula is H5MgO2P. The second-order valence-electron chi connectivity index (χ2n) is 0.100. The molecular weight excluding hydrogens is 87.3 g/mol. The molecule has 4 heteroatoms. The fraction of sp³-hybridized carbons (Fsp3) is 0. The summed E-state index contributed by atoms with van der Waals surface area (Å²) in [6.07, 6.45) is 0. The van der Waals surface area contributed by atoms with E-state index in [1.165, 1.54) is 0 Å². The minimum atomic E-state index is -0.917. The molecule has 0 aliphatic heterocycles. The number of hydrogen-bond donors (Lipinski definition) is 2. The summed E-state index contributed by atoms with van der Waals surface area (Å²) in [5.41, 5.74) is 0. The zero-order valence-corrected chi connectivity index (χ0v) is 2.39. The largest absolute Gasteiger partial charge is 0.352 e. The van der Waals surface area contributed by atoms with E-state index >= 15 is 0 Å². The monoisotopic (exact) mass is 92.0 g/mol. The lowest BCUT2D eigenvalue weighted by Crippen LogP contribution is -1.24. The van der Waals surface area contributed by atoms with Gasteiger partial charge in [-0.3, -0.25) is 0 Å². The molecule has 0 amide bonds. The van der Waals surface area contributed by atoms with Gasteiger partial charge >= 0.3 is 23.1 Å². The van der Waals surface area contributed by atoms with Crippen LogP contribution in [0.5, 0.6) is 0 Å². The van der Waals surface area contributed by atoms with E-state index in [0.717, 1.165) is 0 Å². The maximum Gasteiger partial charge on any atom is 0.316 e. The van der Waals surface area contributed by atoms with Crippen LogP contribution in [0.3, 0.4) is 0 Å². The van der Waals surface area contributed by atoms with Gasteiger partial charge in [0.15, 0.2) is 0 Å². The summed E-state index contributed by atoms with van der Waals surface area (Å²) in [6, 6.07) is 0. The van der Waals surface area contributed by atoms with Crippen LogP contribution in [0.15, 0.2) is 0 Å². The highest BCUT2D eigenvalue weighted by molar-refractivity contribution is 7.23. The van der Waals surface area contributed by atoms with E-state index < -0.39 is 9.03 Å². The topological polar surface area (TPSA) is 40.5 Å². The van der Waals surface area contributed by atoms with Crippen molar-refractivity contribution in [3.63, 3.8) is 0 Å². The molecule has 0 aromatic heterocycles. The molecule has 0 radical (unpaired) electrons. The first-order valence-electron chi connectivity index (χ1n) is 0.447. The predicted molar refractivity (Wildman–Crippen MR) is 21.3 cm³/mol. The highest BCUT2D eigenvalue weighted by atomic mass is 31.1. The maximum atomic E-state index is 7.15. The second kappa shape index (κ2) is 8.93. The molecule has 2 N–H and O–H groups in total. The SMILES string of the molecule is OPO.[MgH2]. The van der Waals surface area contributed by atoms with Gasteiger partial charge in [-0.2, -0.15) is 0 Å². The van der Waals surface area contributed by atoms with Crippen LogP contribution in [0, 0.1) is 0 Å². The van der Waals surface area contributed by atoms with E-state index in [9.17, 15) is 0 Å². The van der Waals surface area contributed by atoms with Crippen LogP contribution in [0.1, 0.15) is 0 Å². The molecule has 0 heterocycles. The first-order chi connectivity index (χ1) is 1.41. The second-order valence-corrected chi connectivity index (χ2v) is 0.300. The van der Waals surface area contributed by atoms with Crippen molar-refractivity contribution in [2.24, 2.45) is 0 Å². The van der Waals surface area contributed by atoms with Gasteiger partial charge < -0.3 is 9.79 Å². The summed E-state index contributed by atoms with van der Waals surface area (Å²) in [5, 5.41) is 0. The van der Waals surface area contributed by atoms with Crippen molar-refractivity contribution in [1.29, 1.82) is 0 Å². The summed E-state index contributed by atoms with van der Waals surface area (Å²) in [5.74, 6) is 0. The first kappa shape index (κ1) is 8.93. The molecule has 0 unspecified atom stereocenters. The van der Waals surface area contributed by atoms with Gasteiger partial charge in [0.25, 0.3) is 0 Å². The fourth-order valence-corrected chi connectivity index (χ4v) is 0. The average molecular weight is 92.3 g/mol. The van der Waals surface area contributed by atoms with E-state index in [0.29, 0.717) is 0 Å². The lowest BCUT2D eigenvalue weighted by Gasteiger charge is -1.54. The third kappa shape index (κ3) is 11.2. The van der Waals surface area contributed by atoms with E-state index in [2.05, 4.69) is 0 Å². The maximum absolute atomic E-state index is 7.15. The number of rotatable bonds is 0. The van der Waals surface area contributed by atoms with Crippen LogP contribution in [0.2, 0.25) is 0 Å². The molecule has 2 nitrogen and oxygen atoms in total. The van der Waals surface area contributed by atoms with Gasteiger partial charge in [0.2, 0.25) is 0 Å². The smallest absolute Gasteiger partial charge is 0.316 e. The summed E-state index contributed by atoms with van der Waals surface area (Å²) >= 11 is 0. The standard InChI is InChI=1S/Mg.H3O2P.2H/c;1-3-2;;/h;1-3H;;. The van der Waals surface area contributed by atoms with Crippen LogP contribution >= 0.6 is 9.03 Å². The minimum Gasteiger partial charge on any atom is -0.352 e. The predicted octanol–water partition coefficient (Wildman–Crippen LogP) is -1.44. The fourth-order valence-electron chi connectivity index (χ4n) is 0. The van der Waals surface area contributed by atoms with Crippen LogP contribution in [0.25, 0.3) is 0 Å². The first-order valence-corrected chi connectivity index (χ1v) is 1.34. The van der Waals surface area contributed by atoms with E-state index in [1.807, 2.05) is 0 Å². The van der Waals surface area contributed by atoms with Crippen LogP contribution < -0.4 is 0 Å². The molecule has 0 aliphatic rings. The molecule has 0 bridgehead atoms. The summed E-state index contributed by atoms with van der Waals surface area (Å²) in [7, 11) is -0.917. The summed E-state index contributed by atoms with van der Waals surface area (Å²) < 4.78 is 0. The molecule has 0 aliphatic carbocycles. The van der Waals surface area contributed by atoms with Crippen molar-refractivity contribution in [2.45, 2.75) is 0 Å². The Morgan fingerprint density at radius 3 is 1.25 bits per heavy atom. The molecule has 0 spiro atoms. The Bertz CT molecular complexity index is 6.00. The van der Waals surface area contributed by atoms with Gasteiger partial charge in [-0.1, -0.05) is 0 Å². The highest BCUT2D eigenvalue weighted by Crippen LogP contribution is 1.81. The molecule has 0 rings (SSSR count). The van der Waals surface area contributed by atoms with Crippen molar-refractivity contribution in [3.8, 4) is 0 Å². The van der Waals surface area contributed by atoms with Crippen LogP contribution in [0.4, 0.5) is 0 Å². The van der Waals surface area contributed by atoms with E-state index in [-0.39, 0.29) is 23.1 Å².